The Balaban J connectivity index is 1.47. The molecule has 8 nitrogen and oxygen atoms in total. The lowest BCUT2D eigenvalue weighted by molar-refractivity contribution is 0.0625. The third-order valence-corrected chi connectivity index (χ3v) is 5.37. The molecule has 0 spiro atoms. The molecule has 1 aliphatic heterocycles. The summed E-state index contributed by atoms with van der Waals surface area (Å²) in [5.41, 5.74) is -0.250. The van der Waals surface area contributed by atoms with Crippen molar-refractivity contribution < 1.29 is 9.18 Å². The van der Waals surface area contributed by atoms with Crippen LogP contribution < -0.4 is 11.2 Å². The predicted octanol–water partition coefficient (Wildman–Crippen LogP) is 1.08. The number of nitrogens with zero attached hydrogens (tertiary/aromatic N) is 4. The number of nitrogens with one attached hydrogen (secondary N) is 1. The van der Waals surface area contributed by atoms with E-state index >= 15 is 0 Å². The highest BCUT2D eigenvalue weighted by Crippen LogP contribution is 2.10. The average Bonchev–Trinajstić information content (AvgIpc) is 2.79. The van der Waals surface area contributed by atoms with Crippen LogP contribution >= 0.6 is 0 Å². The highest BCUT2D eigenvalue weighted by Gasteiger charge is 2.25. The summed E-state index contributed by atoms with van der Waals surface area (Å²) in [5.74, 6) is -0.958. The maximum absolute atomic E-state index is 14.0. The van der Waals surface area contributed by atoms with Crippen molar-refractivity contribution in [3.63, 3.8) is 0 Å². The first-order valence-electron chi connectivity index (χ1n) is 9.99. The number of rotatable bonds is 5. The van der Waals surface area contributed by atoms with Gasteiger partial charge in [-0.15, -0.1) is 0 Å². The Bertz CT molecular complexity index is 1180. The molecule has 0 atom stereocenters. The normalized spacial score (nSPS) is 14.5. The Hall–Kier alpha value is -3.59. The number of hydrogen-bond donors (Lipinski definition) is 1. The summed E-state index contributed by atoms with van der Waals surface area (Å²) in [6.07, 6.45) is 4.69. The molecule has 0 unspecified atom stereocenters. The van der Waals surface area contributed by atoms with Crippen molar-refractivity contribution in [2.24, 2.45) is 0 Å². The molecule has 1 aromatic carbocycles. The van der Waals surface area contributed by atoms with Gasteiger partial charge in [0.2, 0.25) is 0 Å². The first-order valence-corrected chi connectivity index (χ1v) is 9.99. The first-order chi connectivity index (χ1) is 15.0. The lowest BCUT2D eigenvalue weighted by Crippen LogP contribution is -2.50. The largest absolute Gasteiger partial charge is 0.336 e. The molecule has 1 fully saturated rings. The topological polar surface area (TPSA) is 91.3 Å². The van der Waals surface area contributed by atoms with E-state index in [4.69, 9.17) is 0 Å². The lowest BCUT2D eigenvalue weighted by atomic mass is 10.2. The highest BCUT2D eigenvalue weighted by molar-refractivity contribution is 5.93. The molecule has 3 heterocycles. The van der Waals surface area contributed by atoms with Crippen molar-refractivity contribution in [2.45, 2.75) is 13.1 Å². The Morgan fingerprint density at radius 2 is 1.81 bits per heavy atom. The number of carbonyl (C=O) groups is 1. The second-order valence-electron chi connectivity index (χ2n) is 7.42. The van der Waals surface area contributed by atoms with E-state index in [0.717, 1.165) is 22.9 Å². The first kappa shape index (κ1) is 20.7. The molecule has 1 saturated heterocycles. The van der Waals surface area contributed by atoms with Gasteiger partial charge in [0.25, 0.3) is 11.5 Å². The molecule has 3 aromatic rings. The minimum absolute atomic E-state index is 0.128. The van der Waals surface area contributed by atoms with Crippen molar-refractivity contribution in [1.29, 1.82) is 0 Å². The maximum Gasteiger partial charge on any atom is 0.328 e. The van der Waals surface area contributed by atoms with Crippen molar-refractivity contribution in [1.82, 2.24) is 24.3 Å². The smallest absolute Gasteiger partial charge is 0.328 e. The van der Waals surface area contributed by atoms with E-state index in [0.29, 0.717) is 26.2 Å². The van der Waals surface area contributed by atoms with Gasteiger partial charge in [-0.3, -0.25) is 24.0 Å². The van der Waals surface area contributed by atoms with E-state index in [1.54, 1.807) is 17.2 Å². The van der Waals surface area contributed by atoms with Crippen LogP contribution in [-0.2, 0) is 13.1 Å². The van der Waals surface area contributed by atoms with Crippen molar-refractivity contribution in [2.75, 3.05) is 26.2 Å². The number of amides is 1. The van der Waals surface area contributed by atoms with Gasteiger partial charge >= 0.3 is 5.69 Å². The Morgan fingerprint density at radius 3 is 2.52 bits per heavy atom. The summed E-state index contributed by atoms with van der Waals surface area (Å²) in [6, 6.07) is 9.80. The van der Waals surface area contributed by atoms with Gasteiger partial charge in [-0.2, -0.15) is 0 Å². The molecule has 0 bridgehead atoms. The van der Waals surface area contributed by atoms with E-state index in [1.807, 2.05) is 18.3 Å². The number of halogens is 1. The summed E-state index contributed by atoms with van der Waals surface area (Å²) < 4.78 is 14.8. The van der Waals surface area contributed by atoms with Crippen LogP contribution in [0.15, 0.2) is 64.6 Å². The minimum Gasteiger partial charge on any atom is -0.336 e. The number of benzene rings is 1. The van der Waals surface area contributed by atoms with Crippen LogP contribution in [0.1, 0.15) is 21.5 Å². The fourth-order valence-electron chi connectivity index (χ4n) is 3.63. The minimum atomic E-state index is -0.727. The number of pyridine rings is 1. The second-order valence-corrected chi connectivity index (χ2v) is 7.42. The van der Waals surface area contributed by atoms with Crippen molar-refractivity contribution >= 4 is 5.91 Å². The molecule has 9 heteroatoms. The van der Waals surface area contributed by atoms with Gasteiger partial charge in [0.1, 0.15) is 11.4 Å². The molecule has 1 amide bonds. The van der Waals surface area contributed by atoms with Crippen molar-refractivity contribution in [3.05, 3.63) is 98.3 Å². The van der Waals surface area contributed by atoms with Crippen LogP contribution in [0, 0.1) is 5.82 Å². The van der Waals surface area contributed by atoms with Gasteiger partial charge in [-0.25, -0.2) is 9.18 Å². The Labute approximate surface area is 177 Å². The number of hydrogen-bond acceptors (Lipinski definition) is 5. The average molecular weight is 423 g/mol. The summed E-state index contributed by atoms with van der Waals surface area (Å²) in [7, 11) is 0. The zero-order valence-corrected chi connectivity index (χ0v) is 16.8. The molecule has 0 radical (unpaired) electrons. The summed E-state index contributed by atoms with van der Waals surface area (Å²) in [5, 5.41) is 0. The number of aromatic amines is 1. The van der Waals surface area contributed by atoms with Gasteiger partial charge in [-0.1, -0.05) is 24.3 Å². The van der Waals surface area contributed by atoms with E-state index in [-0.39, 0.29) is 17.7 Å². The summed E-state index contributed by atoms with van der Waals surface area (Å²) >= 11 is 0. The zero-order chi connectivity index (χ0) is 21.8. The van der Waals surface area contributed by atoms with Crippen molar-refractivity contribution in [3.8, 4) is 0 Å². The molecule has 2 aromatic heterocycles. The Kier molecular flexibility index (Phi) is 6.03. The van der Waals surface area contributed by atoms with E-state index in [2.05, 4.69) is 14.9 Å². The van der Waals surface area contributed by atoms with E-state index in [1.165, 1.54) is 18.2 Å². The molecule has 160 valence electrons. The number of carbonyl (C=O) groups excluding carboxylic acids is 1. The molecule has 0 saturated carbocycles. The molecule has 4 rings (SSSR count). The zero-order valence-electron chi connectivity index (χ0n) is 16.8. The second kappa shape index (κ2) is 9.05. The summed E-state index contributed by atoms with van der Waals surface area (Å²) in [6.45, 7) is 2.74. The monoisotopic (exact) mass is 423 g/mol. The quantitative estimate of drug-likeness (QED) is 0.663. The molecular weight excluding hydrogens is 401 g/mol. The van der Waals surface area contributed by atoms with E-state index < -0.39 is 23.0 Å². The van der Waals surface area contributed by atoms with Crippen LogP contribution in [0.3, 0.4) is 0 Å². The van der Waals surface area contributed by atoms with Gasteiger partial charge in [0.05, 0.1) is 6.54 Å². The predicted molar refractivity (Wildman–Crippen MR) is 112 cm³/mol. The maximum atomic E-state index is 14.0. The number of H-pyrrole nitrogens is 1. The van der Waals surface area contributed by atoms with Crippen LogP contribution in [-0.4, -0.2) is 56.4 Å². The SMILES string of the molecule is O=C(c1c[nH]c(=O)n(Cc2ccccc2F)c1=O)N1CCN(Cc2cccnc2)CC1. The standard InChI is InChI=1S/C22H22FN5O3/c23-19-6-2-1-5-17(19)15-28-21(30)18(13-25-22(28)31)20(29)27-10-8-26(9-11-27)14-16-4-3-7-24-12-16/h1-7,12-13H,8-11,14-15H2,(H,25,31). The third kappa shape index (κ3) is 4.61. The molecule has 1 aliphatic rings. The fourth-order valence-corrected chi connectivity index (χ4v) is 3.63. The van der Waals surface area contributed by atoms with Gasteiger partial charge in [0.15, 0.2) is 0 Å². The highest BCUT2D eigenvalue weighted by atomic mass is 19.1. The number of piperazine rings is 1. The molecule has 0 aliphatic carbocycles. The van der Waals surface area contributed by atoms with Crippen LogP contribution in [0.5, 0.6) is 0 Å². The van der Waals surface area contributed by atoms with Crippen LogP contribution in [0.2, 0.25) is 0 Å². The summed E-state index contributed by atoms with van der Waals surface area (Å²) in [4.78, 5) is 48.3. The fraction of sp³-hybridized carbons (Fsp3) is 0.273. The lowest BCUT2D eigenvalue weighted by Gasteiger charge is -2.34. The van der Waals surface area contributed by atoms with Gasteiger partial charge < -0.3 is 9.88 Å². The third-order valence-electron chi connectivity index (χ3n) is 5.37. The van der Waals surface area contributed by atoms with Crippen LogP contribution in [0.25, 0.3) is 0 Å². The molecule has 1 N–H and O–H groups in total. The van der Waals surface area contributed by atoms with Gasteiger partial charge in [-0.05, 0) is 17.7 Å². The molecule has 31 heavy (non-hydrogen) atoms. The number of aromatic nitrogens is 3. The van der Waals surface area contributed by atoms with Gasteiger partial charge in [0, 0.05) is 56.9 Å². The van der Waals surface area contributed by atoms with E-state index in [9.17, 15) is 18.8 Å². The Morgan fingerprint density at radius 1 is 1.03 bits per heavy atom. The molecular formula is C22H22FN5O3. The van der Waals surface area contributed by atoms with Crippen LogP contribution in [0.4, 0.5) is 4.39 Å².